The van der Waals surface area contributed by atoms with Gasteiger partial charge in [0.05, 0.1) is 7.11 Å². The van der Waals surface area contributed by atoms with Gasteiger partial charge in [0, 0.05) is 18.1 Å². The van der Waals surface area contributed by atoms with E-state index in [2.05, 4.69) is 5.73 Å². The van der Waals surface area contributed by atoms with Crippen LogP contribution >= 0.6 is 0 Å². The molecule has 0 aromatic heterocycles. The Kier molecular flexibility index (Phi) is 5.77. The third kappa shape index (κ3) is 3.67. The summed E-state index contributed by atoms with van der Waals surface area (Å²) in [6, 6.07) is 3.25. The first-order valence-electron chi connectivity index (χ1n) is 4.43. The lowest BCUT2D eigenvalue weighted by Gasteiger charge is -2.09. The molecule has 4 N–H and O–H groups in total. The maximum Gasteiger partial charge on any atom is 0.362 e. The fourth-order valence-electron chi connectivity index (χ4n) is 1.24. The summed E-state index contributed by atoms with van der Waals surface area (Å²) < 4.78 is 17.8. The quantitative estimate of drug-likeness (QED) is 0.600. The monoisotopic (exact) mass is 249 g/mol. The van der Waals surface area contributed by atoms with Crippen LogP contribution < -0.4 is 22.9 Å². The first-order valence-corrected chi connectivity index (χ1v) is 4.43. The van der Waals surface area contributed by atoms with Crippen molar-refractivity contribution in [3.05, 3.63) is 29.6 Å². The van der Waals surface area contributed by atoms with Crippen molar-refractivity contribution < 1.29 is 37.2 Å². The van der Waals surface area contributed by atoms with Gasteiger partial charge in [-0.15, -0.1) is 0 Å². The molecule has 0 spiro atoms. The molecule has 90 valence electrons. The minimum absolute atomic E-state index is 0. The van der Waals surface area contributed by atoms with Crippen LogP contribution in [0.5, 0.6) is 5.75 Å². The van der Waals surface area contributed by atoms with Gasteiger partial charge in [-0.2, -0.15) is 0 Å². The smallest absolute Gasteiger partial charge is 0.362 e. The third-order valence-electron chi connectivity index (χ3n) is 2.06. The normalized spacial score (nSPS) is 11.4. The van der Waals surface area contributed by atoms with Gasteiger partial charge in [-0.3, -0.25) is 0 Å². The Labute approximate surface area is 98.6 Å². The van der Waals surface area contributed by atoms with Crippen molar-refractivity contribution in [3.8, 4) is 5.75 Å². The van der Waals surface area contributed by atoms with E-state index in [1.165, 1.54) is 25.3 Å². The van der Waals surface area contributed by atoms with Crippen molar-refractivity contribution in [2.24, 2.45) is 0 Å². The SMILES string of the molecule is COc1cc(F)ccc1CC([NH3+])C(=O)O.[Cl-]. The summed E-state index contributed by atoms with van der Waals surface area (Å²) in [5, 5.41) is 8.68. The summed E-state index contributed by atoms with van der Waals surface area (Å²) in [4.78, 5) is 10.6. The number of carbonyl (C=O) groups is 1. The van der Waals surface area contributed by atoms with Crippen LogP contribution in [0.15, 0.2) is 18.2 Å². The average molecular weight is 250 g/mol. The zero-order valence-corrected chi connectivity index (χ0v) is 9.50. The Morgan fingerprint density at radius 2 is 2.25 bits per heavy atom. The van der Waals surface area contributed by atoms with Gasteiger partial charge in [0.2, 0.25) is 0 Å². The second kappa shape index (κ2) is 6.30. The van der Waals surface area contributed by atoms with E-state index < -0.39 is 17.8 Å². The van der Waals surface area contributed by atoms with Crippen LogP contribution in [0.25, 0.3) is 0 Å². The Balaban J connectivity index is 0.00000225. The van der Waals surface area contributed by atoms with Gasteiger partial charge in [-0.05, 0) is 6.07 Å². The number of methoxy groups -OCH3 is 1. The van der Waals surface area contributed by atoms with Crippen molar-refractivity contribution in [1.29, 1.82) is 0 Å². The van der Waals surface area contributed by atoms with Gasteiger partial charge in [-0.25, -0.2) is 9.18 Å². The Hall–Kier alpha value is -1.33. The van der Waals surface area contributed by atoms with Crippen LogP contribution in [0.2, 0.25) is 0 Å². The molecular weight excluding hydrogens is 237 g/mol. The molecule has 0 radical (unpaired) electrons. The second-order valence-corrected chi connectivity index (χ2v) is 3.20. The second-order valence-electron chi connectivity index (χ2n) is 3.20. The van der Waals surface area contributed by atoms with E-state index in [9.17, 15) is 9.18 Å². The molecule has 16 heavy (non-hydrogen) atoms. The average Bonchev–Trinajstić information content (AvgIpc) is 2.20. The van der Waals surface area contributed by atoms with E-state index in [-0.39, 0.29) is 18.8 Å². The van der Waals surface area contributed by atoms with Crippen LogP contribution in [-0.4, -0.2) is 24.2 Å². The van der Waals surface area contributed by atoms with Crippen LogP contribution in [-0.2, 0) is 11.2 Å². The maximum atomic E-state index is 12.8. The number of aliphatic carboxylic acids is 1. The van der Waals surface area contributed by atoms with E-state index in [0.717, 1.165) is 0 Å². The predicted molar refractivity (Wildman–Crippen MR) is 51.0 cm³/mol. The number of hydrogen-bond acceptors (Lipinski definition) is 2. The Morgan fingerprint density at radius 3 is 2.75 bits per heavy atom. The molecule has 0 bridgehead atoms. The number of halogens is 2. The number of quaternary nitrogens is 1. The summed E-state index contributed by atoms with van der Waals surface area (Å²) in [7, 11) is 1.41. The number of ether oxygens (including phenoxy) is 1. The maximum absolute atomic E-state index is 12.8. The topological polar surface area (TPSA) is 74.2 Å². The molecule has 1 aromatic carbocycles. The molecule has 0 amide bonds. The number of carboxylic acid groups (broad SMARTS) is 1. The van der Waals surface area contributed by atoms with Crippen molar-refractivity contribution in [3.63, 3.8) is 0 Å². The molecule has 1 rings (SSSR count). The standard InChI is InChI=1S/C10H12FNO3.ClH/c1-15-9-5-7(11)3-2-6(9)4-8(12)10(13)14;/h2-3,5,8H,4,12H2,1H3,(H,13,14);1H. The van der Waals surface area contributed by atoms with Gasteiger partial charge < -0.3 is 28.0 Å². The van der Waals surface area contributed by atoms with Crippen LogP contribution in [0, 0.1) is 5.82 Å². The lowest BCUT2D eigenvalue weighted by atomic mass is 10.1. The zero-order chi connectivity index (χ0) is 11.4. The Morgan fingerprint density at radius 1 is 1.62 bits per heavy atom. The summed E-state index contributed by atoms with van der Waals surface area (Å²) in [5.74, 6) is -1.04. The zero-order valence-electron chi connectivity index (χ0n) is 8.74. The molecule has 6 heteroatoms. The lowest BCUT2D eigenvalue weighted by Crippen LogP contribution is -3.00. The molecule has 0 saturated carbocycles. The number of carboxylic acids is 1. The highest BCUT2D eigenvalue weighted by atomic mass is 35.5. The van der Waals surface area contributed by atoms with E-state index in [1.807, 2.05) is 0 Å². The summed E-state index contributed by atoms with van der Waals surface area (Å²) >= 11 is 0. The summed E-state index contributed by atoms with van der Waals surface area (Å²) in [6.07, 6.45) is 0.221. The molecule has 4 nitrogen and oxygen atoms in total. The largest absolute Gasteiger partial charge is 1.00 e. The highest BCUT2D eigenvalue weighted by molar-refractivity contribution is 5.72. The molecular formula is C10H13ClFNO3. The van der Waals surface area contributed by atoms with Gasteiger partial charge >= 0.3 is 5.97 Å². The predicted octanol–water partition coefficient (Wildman–Crippen LogP) is -2.92. The molecule has 0 heterocycles. The minimum Gasteiger partial charge on any atom is -1.00 e. The van der Waals surface area contributed by atoms with Gasteiger partial charge in [-0.1, -0.05) is 6.07 Å². The molecule has 1 aromatic rings. The molecule has 0 aliphatic carbocycles. The van der Waals surface area contributed by atoms with E-state index >= 15 is 0 Å². The van der Waals surface area contributed by atoms with Crippen molar-refractivity contribution in [2.45, 2.75) is 12.5 Å². The first-order chi connectivity index (χ1) is 7.04. The molecule has 1 unspecified atom stereocenters. The highest BCUT2D eigenvalue weighted by Crippen LogP contribution is 2.20. The molecule has 0 saturated heterocycles. The lowest BCUT2D eigenvalue weighted by molar-refractivity contribution is -0.407. The summed E-state index contributed by atoms with van der Waals surface area (Å²) in [6.45, 7) is 0. The number of benzene rings is 1. The van der Waals surface area contributed by atoms with Crippen LogP contribution in [0.3, 0.4) is 0 Å². The molecule has 0 aliphatic heterocycles. The van der Waals surface area contributed by atoms with Crippen molar-refractivity contribution in [2.75, 3.05) is 7.11 Å². The van der Waals surface area contributed by atoms with Crippen molar-refractivity contribution >= 4 is 5.97 Å². The molecule has 0 aliphatic rings. The Bertz CT molecular complexity index is 373. The van der Waals surface area contributed by atoms with Gasteiger partial charge in [0.15, 0.2) is 6.04 Å². The number of hydrogen-bond donors (Lipinski definition) is 2. The highest BCUT2D eigenvalue weighted by Gasteiger charge is 2.18. The molecule has 1 atom stereocenters. The van der Waals surface area contributed by atoms with E-state index in [0.29, 0.717) is 11.3 Å². The van der Waals surface area contributed by atoms with Gasteiger partial charge in [0.1, 0.15) is 11.6 Å². The van der Waals surface area contributed by atoms with Crippen molar-refractivity contribution in [1.82, 2.24) is 0 Å². The summed E-state index contributed by atoms with van der Waals surface area (Å²) in [5.41, 5.74) is 4.12. The van der Waals surface area contributed by atoms with Crippen LogP contribution in [0.1, 0.15) is 5.56 Å². The molecule has 0 fully saturated rings. The van der Waals surface area contributed by atoms with E-state index in [1.54, 1.807) is 0 Å². The fraction of sp³-hybridized carbons (Fsp3) is 0.300. The minimum atomic E-state index is -0.985. The van der Waals surface area contributed by atoms with Gasteiger partial charge in [0.25, 0.3) is 0 Å². The van der Waals surface area contributed by atoms with Crippen LogP contribution in [0.4, 0.5) is 4.39 Å². The van der Waals surface area contributed by atoms with E-state index in [4.69, 9.17) is 9.84 Å². The third-order valence-corrected chi connectivity index (χ3v) is 2.06. The fourth-order valence-corrected chi connectivity index (χ4v) is 1.24. The number of rotatable bonds is 4. The first kappa shape index (κ1) is 14.7.